The molecule has 1 aromatic heterocycles. The molecular weight excluding hydrogens is 359 g/mol. The summed E-state index contributed by atoms with van der Waals surface area (Å²) in [6.45, 7) is 6.10. The minimum Gasteiger partial charge on any atom is -0.452 e. The molecule has 0 aliphatic heterocycles. The summed E-state index contributed by atoms with van der Waals surface area (Å²) in [7, 11) is 0. The molecule has 0 atom stereocenters. The predicted octanol–water partition coefficient (Wildman–Crippen LogP) is 3.57. The van der Waals surface area contributed by atoms with Gasteiger partial charge in [0.05, 0.1) is 5.56 Å². The lowest BCUT2D eigenvalue weighted by molar-refractivity contribution is -0.119. The number of anilines is 2. The molecular formula is C18H19FN2O4S. The Morgan fingerprint density at radius 1 is 1.15 bits per heavy atom. The third-order valence-corrected chi connectivity index (χ3v) is 4.81. The van der Waals surface area contributed by atoms with Crippen LogP contribution in [-0.2, 0) is 14.3 Å². The third kappa shape index (κ3) is 4.66. The van der Waals surface area contributed by atoms with Crippen molar-refractivity contribution in [3.8, 4) is 0 Å². The summed E-state index contributed by atoms with van der Waals surface area (Å²) in [6, 6.07) is 4.01. The van der Waals surface area contributed by atoms with Gasteiger partial charge in [0.1, 0.15) is 10.8 Å². The lowest BCUT2D eigenvalue weighted by Crippen LogP contribution is -2.22. The fourth-order valence-electron chi connectivity index (χ4n) is 2.24. The lowest BCUT2D eigenvalue weighted by Gasteiger charge is -2.10. The largest absolute Gasteiger partial charge is 0.452 e. The molecule has 0 radical (unpaired) electrons. The Morgan fingerprint density at radius 2 is 1.85 bits per heavy atom. The predicted molar refractivity (Wildman–Crippen MR) is 98.1 cm³/mol. The molecule has 1 aromatic carbocycles. The molecule has 138 valence electrons. The van der Waals surface area contributed by atoms with Crippen molar-refractivity contribution in [3.05, 3.63) is 45.6 Å². The number of halogens is 1. The molecule has 0 saturated heterocycles. The lowest BCUT2D eigenvalue weighted by atomic mass is 10.1. The molecule has 8 heteroatoms. The Balaban J connectivity index is 2.05. The molecule has 0 aliphatic rings. The van der Waals surface area contributed by atoms with Gasteiger partial charge in [-0.25, -0.2) is 9.18 Å². The van der Waals surface area contributed by atoms with Gasteiger partial charge in [0.25, 0.3) is 5.91 Å². The van der Waals surface area contributed by atoms with Gasteiger partial charge in [-0.15, -0.1) is 11.3 Å². The number of benzene rings is 1. The van der Waals surface area contributed by atoms with Crippen LogP contribution in [-0.4, -0.2) is 24.4 Å². The Bertz CT molecular complexity index is 876. The quantitative estimate of drug-likeness (QED) is 0.779. The molecule has 2 rings (SSSR count). The van der Waals surface area contributed by atoms with Crippen LogP contribution < -0.4 is 10.6 Å². The molecule has 26 heavy (non-hydrogen) atoms. The number of hydrogen-bond donors (Lipinski definition) is 2. The van der Waals surface area contributed by atoms with E-state index in [1.54, 1.807) is 13.8 Å². The summed E-state index contributed by atoms with van der Waals surface area (Å²) in [6.07, 6.45) is 0. The topological polar surface area (TPSA) is 84.5 Å². The first-order valence-corrected chi connectivity index (χ1v) is 8.61. The van der Waals surface area contributed by atoms with E-state index in [1.807, 2.05) is 6.92 Å². The number of amides is 2. The highest BCUT2D eigenvalue weighted by Gasteiger charge is 2.22. The van der Waals surface area contributed by atoms with Crippen LogP contribution in [0.1, 0.15) is 33.3 Å². The van der Waals surface area contributed by atoms with Gasteiger partial charge in [-0.3, -0.25) is 9.59 Å². The second kappa shape index (κ2) is 8.09. The minimum atomic E-state index is -0.707. The summed E-state index contributed by atoms with van der Waals surface area (Å²) in [5.41, 5.74) is 1.92. The Kier molecular flexibility index (Phi) is 6.10. The number of ether oxygens (including phenoxy) is 1. The highest BCUT2D eigenvalue weighted by molar-refractivity contribution is 7.16. The van der Waals surface area contributed by atoms with Crippen molar-refractivity contribution in [3.63, 3.8) is 0 Å². The maximum atomic E-state index is 13.3. The van der Waals surface area contributed by atoms with E-state index in [0.29, 0.717) is 21.8 Å². The molecule has 1 heterocycles. The van der Waals surface area contributed by atoms with Gasteiger partial charge >= 0.3 is 5.97 Å². The fraction of sp³-hybridized carbons (Fsp3) is 0.278. The zero-order chi connectivity index (χ0) is 19.4. The normalized spacial score (nSPS) is 10.3. The molecule has 2 amide bonds. The Morgan fingerprint density at radius 3 is 2.50 bits per heavy atom. The highest BCUT2D eigenvalue weighted by Crippen LogP contribution is 2.33. The van der Waals surface area contributed by atoms with Crippen LogP contribution in [0, 0.1) is 26.6 Å². The van der Waals surface area contributed by atoms with Crippen molar-refractivity contribution >= 4 is 39.8 Å². The molecule has 0 spiro atoms. The summed E-state index contributed by atoms with van der Waals surface area (Å²) in [4.78, 5) is 36.5. The van der Waals surface area contributed by atoms with E-state index in [2.05, 4.69) is 10.6 Å². The first kappa shape index (κ1) is 19.6. The van der Waals surface area contributed by atoms with E-state index in [4.69, 9.17) is 4.74 Å². The number of carbonyl (C=O) groups excluding carboxylic acids is 3. The highest BCUT2D eigenvalue weighted by atomic mass is 32.1. The maximum absolute atomic E-state index is 13.3. The number of nitrogens with one attached hydrogen (secondary N) is 2. The first-order chi connectivity index (χ1) is 12.2. The van der Waals surface area contributed by atoms with E-state index in [-0.39, 0.29) is 11.5 Å². The van der Waals surface area contributed by atoms with Crippen LogP contribution in [0.2, 0.25) is 0 Å². The average molecular weight is 378 g/mol. The van der Waals surface area contributed by atoms with Crippen LogP contribution in [0.4, 0.5) is 15.1 Å². The first-order valence-electron chi connectivity index (χ1n) is 7.79. The van der Waals surface area contributed by atoms with E-state index < -0.39 is 24.3 Å². The third-order valence-electron chi connectivity index (χ3n) is 3.69. The van der Waals surface area contributed by atoms with Crippen molar-refractivity contribution in [1.82, 2.24) is 0 Å². The molecule has 0 unspecified atom stereocenters. The molecule has 2 N–H and O–H groups in total. The number of aryl methyl sites for hydroxylation is 2. The second-order valence-electron chi connectivity index (χ2n) is 5.75. The average Bonchev–Trinajstić information content (AvgIpc) is 2.82. The Labute approximate surface area is 154 Å². The van der Waals surface area contributed by atoms with Crippen molar-refractivity contribution in [1.29, 1.82) is 0 Å². The number of rotatable bonds is 5. The van der Waals surface area contributed by atoms with Crippen LogP contribution in [0.15, 0.2) is 18.2 Å². The second-order valence-corrected chi connectivity index (χ2v) is 6.98. The summed E-state index contributed by atoms with van der Waals surface area (Å²) in [5, 5.41) is 5.48. The van der Waals surface area contributed by atoms with Gasteiger partial charge in [0, 0.05) is 17.5 Å². The SMILES string of the molecule is CC(=O)Nc1sc(C)c(C)c1C(=O)OCC(=O)Nc1cc(F)ccc1C. The zero-order valence-corrected chi connectivity index (χ0v) is 15.7. The number of thiophene rings is 1. The van der Waals surface area contributed by atoms with E-state index in [0.717, 1.165) is 4.88 Å². The van der Waals surface area contributed by atoms with E-state index >= 15 is 0 Å². The van der Waals surface area contributed by atoms with Crippen molar-refractivity contribution in [2.45, 2.75) is 27.7 Å². The molecule has 6 nitrogen and oxygen atoms in total. The van der Waals surface area contributed by atoms with Crippen LogP contribution in [0.5, 0.6) is 0 Å². The van der Waals surface area contributed by atoms with E-state index in [9.17, 15) is 18.8 Å². The number of hydrogen-bond acceptors (Lipinski definition) is 5. The monoisotopic (exact) mass is 378 g/mol. The fourth-order valence-corrected chi connectivity index (χ4v) is 3.33. The van der Waals surface area contributed by atoms with Gasteiger partial charge in [-0.1, -0.05) is 6.07 Å². The van der Waals surface area contributed by atoms with Gasteiger partial charge in [0.15, 0.2) is 6.61 Å². The Hall–Kier alpha value is -2.74. The zero-order valence-electron chi connectivity index (χ0n) is 14.9. The molecule has 0 saturated carbocycles. The smallest absolute Gasteiger partial charge is 0.341 e. The molecule has 2 aromatic rings. The van der Waals surface area contributed by atoms with Gasteiger partial charge in [-0.2, -0.15) is 0 Å². The summed E-state index contributed by atoms with van der Waals surface area (Å²) >= 11 is 1.26. The minimum absolute atomic E-state index is 0.234. The maximum Gasteiger partial charge on any atom is 0.341 e. The molecule has 0 fully saturated rings. The van der Waals surface area contributed by atoms with Crippen LogP contribution in [0.3, 0.4) is 0 Å². The summed E-state index contributed by atoms with van der Waals surface area (Å²) in [5.74, 6) is -2.08. The van der Waals surface area contributed by atoms with Crippen LogP contribution in [0.25, 0.3) is 0 Å². The van der Waals surface area contributed by atoms with Gasteiger partial charge in [0.2, 0.25) is 5.91 Å². The molecule has 0 bridgehead atoms. The van der Waals surface area contributed by atoms with Gasteiger partial charge < -0.3 is 15.4 Å². The van der Waals surface area contributed by atoms with E-state index in [1.165, 1.54) is 36.5 Å². The summed E-state index contributed by atoms with van der Waals surface area (Å²) < 4.78 is 18.3. The van der Waals surface area contributed by atoms with Crippen LogP contribution >= 0.6 is 11.3 Å². The molecule has 0 aliphatic carbocycles. The number of carbonyl (C=O) groups is 3. The van der Waals surface area contributed by atoms with Crippen molar-refractivity contribution in [2.24, 2.45) is 0 Å². The number of esters is 1. The standard InChI is InChI=1S/C18H19FN2O4S/c1-9-5-6-13(19)7-14(9)21-15(23)8-25-18(24)16-10(2)11(3)26-17(16)20-12(4)22/h5-7H,8H2,1-4H3,(H,20,22)(H,21,23). The van der Waals surface area contributed by atoms with Crippen molar-refractivity contribution < 1.29 is 23.5 Å². The van der Waals surface area contributed by atoms with Crippen molar-refractivity contribution in [2.75, 3.05) is 17.2 Å². The van der Waals surface area contributed by atoms with Gasteiger partial charge in [-0.05, 0) is 44.0 Å².